The van der Waals surface area contributed by atoms with Crippen LogP contribution in [0.2, 0.25) is 0 Å². The fraction of sp³-hybridized carbons (Fsp3) is 0.727. The molecule has 1 aromatic rings. The maximum Gasteiger partial charge on any atom is 0.0801 e. The molecule has 0 aliphatic heterocycles. The van der Waals surface area contributed by atoms with Gasteiger partial charge in [0.1, 0.15) is 0 Å². The van der Waals surface area contributed by atoms with Gasteiger partial charge in [0.15, 0.2) is 0 Å². The SMILES string of the molecule is CCC(C)c1cnn(C(C)(C)CO)c1. The van der Waals surface area contributed by atoms with Gasteiger partial charge in [-0.1, -0.05) is 13.8 Å². The van der Waals surface area contributed by atoms with E-state index < -0.39 is 0 Å². The highest BCUT2D eigenvalue weighted by molar-refractivity contribution is 5.10. The first-order valence-corrected chi connectivity index (χ1v) is 5.17. The van der Waals surface area contributed by atoms with Crippen LogP contribution in [0.3, 0.4) is 0 Å². The van der Waals surface area contributed by atoms with Crippen LogP contribution in [0.15, 0.2) is 12.4 Å². The van der Waals surface area contributed by atoms with Crippen molar-refractivity contribution in [1.82, 2.24) is 9.78 Å². The lowest BCUT2D eigenvalue weighted by Gasteiger charge is -2.22. The van der Waals surface area contributed by atoms with E-state index >= 15 is 0 Å². The van der Waals surface area contributed by atoms with Gasteiger partial charge in [0.05, 0.1) is 18.3 Å². The van der Waals surface area contributed by atoms with E-state index in [1.807, 2.05) is 30.9 Å². The first-order chi connectivity index (χ1) is 6.51. The minimum absolute atomic E-state index is 0.106. The van der Waals surface area contributed by atoms with E-state index in [0.717, 1.165) is 6.42 Å². The molecule has 3 nitrogen and oxygen atoms in total. The molecule has 3 heteroatoms. The molecule has 1 rings (SSSR count). The van der Waals surface area contributed by atoms with Crippen molar-refractivity contribution in [3.8, 4) is 0 Å². The second kappa shape index (κ2) is 4.13. The third-order valence-electron chi connectivity index (χ3n) is 2.79. The van der Waals surface area contributed by atoms with Gasteiger partial charge in [-0.2, -0.15) is 5.10 Å². The van der Waals surface area contributed by atoms with Gasteiger partial charge in [-0.05, 0) is 31.7 Å². The molecular weight excluding hydrogens is 176 g/mol. The zero-order valence-corrected chi connectivity index (χ0v) is 9.49. The number of aliphatic hydroxyl groups excluding tert-OH is 1. The topological polar surface area (TPSA) is 38.0 Å². The molecule has 0 amide bonds. The number of nitrogens with zero attached hydrogens (tertiary/aromatic N) is 2. The predicted octanol–water partition coefficient (Wildman–Crippen LogP) is 2.12. The summed E-state index contributed by atoms with van der Waals surface area (Å²) in [6.07, 6.45) is 5.04. The smallest absolute Gasteiger partial charge is 0.0801 e. The van der Waals surface area contributed by atoms with Crippen LogP contribution in [0.5, 0.6) is 0 Å². The van der Waals surface area contributed by atoms with Crippen LogP contribution in [-0.4, -0.2) is 21.5 Å². The van der Waals surface area contributed by atoms with E-state index in [-0.39, 0.29) is 12.1 Å². The zero-order valence-electron chi connectivity index (χ0n) is 9.49. The van der Waals surface area contributed by atoms with Crippen LogP contribution < -0.4 is 0 Å². The van der Waals surface area contributed by atoms with E-state index in [2.05, 4.69) is 18.9 Å². The highest BCUT2D eigenvalue weighted by atomic mass is 16.3. The van der Waals surface area contributed by atoms with Gasteiger partial charge in [0.25, 0.3) is 0 Å². The van der Waals surface area contributed by atoms with Gasteiger partial charge in [0, 0.05) is 6.20 Å². The van der Waals surface area contributed by atoms with E-state index in [1.165, 1.54) is 5.56 Å². The van der Waals surface area contributed by atoms with Crippen LogP contribution >= 0.6 is 0 Å². The molecule has 14 heavy (non-hydrogen) atoms. The molecule has 80 valence electrons. The second-order valence-corrected chi connectivity index (χ2v) is 4.50. The summed E-state index contributed by atoms with van der Waals surface area (Å²) in [5.74, 6) is 0.540. The number of hydrogen-bond donors (Lipinski definition) is 1. The van der Waals surface area contributed by atoms with Gasteiger partial charge in [-0.15, -0.1) is 0 Å². The minimum atomic E-state index is -0.300. The standard InChI is InChI=1S/C11H20N2O/c1-5-9(2)10-6-12-13(7-10)11(3,4)8-14/h6-7,9,14H,5,8H2,1-4H3. The lowest BCUT2D eigenvalue weighted by atomic mass is 10.0. The zero-order chi connectivity index (χ0) is 10.8. The van der Waals surface area contributed by atoms with Crippen molar-refractivity contribution in [2.24, 2.45) is 0 Å². The Morgan fingerprint density at radius 2 is 2.21 bits per heavy atom. The van der Waals surface area contributed by atoms with Crippen LogP contribution in [0, 0.1) is 0 Å². The van der Waals surface area contributed by atoms with Crippen molar-refractivity contribution < 1.29 is 5.11 Å². The highest BCUT2D eigenvalue weighted by Crippen LogP contribution is 2.20. The quantitative estimate of drug-likeness (QED) is 0.801. The Labute approximate surface area is 85.8 Å². The highest BCUT2D eigenvalue weighted by Gasteiger charge is 2.20. The second-order valence-electron chi connectivity index (χ2n) is 4.50. The van der Waals surface area contributed by atoms with Crippen LogP contribution in [-0.2, 0) is 5.54 Å². The molecule has 0 bridgehead atoms. The summed E-state index contributed by atoms with van der Waals surface area (Å²) < 4.78 is 1.84. The molecule has 1 unspecified atom stereocenters. The van der Waals surface area contributed by atoms with Crippen LogP contribution in [0.25, 0.3) is 0 Å². The summed E-state index contributed by atoms with van der Waals surface area (Å²) in [6, 6.07) is 0. The number of aromatic nitrogens is 2. The average Bonchev–Trinajstić information content (AvgIpc) is 2.66. The molecule has 0 radical (unpaired) electrons. The summed E-state index contributed by atoms with van der Waals surface area (Å²) in [5, 5.41) is 13.5. The largest absolute Gasteiger partial charge is 0.394 e. The van der Waals surface area contributed by atoms with Crippen molar-refractivity contribution in [1.29, 1.82) is 0 Å². The predicted molar refractivity (Wildman–Crippen MR) is 57.3 cm³/mol. The number of rotatable bonds is 4. The Kier molecular flexibility index (Phi) is 3.32. The molecule has 0 aromatic carbocycles. The third kappa shape index (κ3) is 2.15. The third-order valence-corrected chi connectivity index (χ3v) is 2.79. The van der Waals surface area contributed by atoms with Crippen LogP contribution in [0.4, 0.5) is 0 Å². The molecule has 0 saturated carbocycles. The Bertz CT molecular complexity index is 291. The number of hydrogen-bond acceptors (Lipinski definition) is 2. The Morgan fingerprint density at radius 1 is 1.57 bits per heavy atom. The molecule has 1 heterocycles. The van der Waals surface area contributed by atoms with E-state index in [9.17, 15) is 5.11 Å². The Balaban J connectivity index is 2.88. The van der Waals surface area contributed by atoms with Crippen molar-refractivity contribution in [3.63, 3.8) is 0 Å². The van der Waals surface area contributed by atoms with Crippen molar-refractivity contribution in [3.05, 3.63) is 18.0 Å². The van der Waals surface area contributed by atoms with Crippen molar-refractivity contribution in [2.75, 3.05) is 6.61 Å². The van der Waals surface area contributed by atoms with Gasteiger partial charge < -0.3 is 5.11 Å². The molecule has 0 spiro atoms. The molecule has 0 saturated heterocycles. The summed E-state index contributed by atoms with van der Waals surface area (Å²) in [6.45, 7) is 8.40. The molecule has 0 aliphatic carbocycles. The van der Waals surface area contributed by atoms with E-state index in [1.54, 1.807) is 0 Å². The summed E-state index contributed by atoms with van der Waals surface area (Å²) >= 11 is 0. The maximum atomic E-state index is 9.19. The maximum absolute atomic E-state index is 9.19. The Hall–Kier alpha value is -0.830. The molecule has 0 fully saturated rings. The van der Waals surface area contributed by atoms with Gasteiger partial charge in [0.2, 0.25) is 0 Å². The normalized spacial score (nSPS) is 14.4. The first kappa shape index (κ1) is 11.2. The van der Waals surface area contributed by atoms with Crippen molar-refractivity contribution in [2.45, 2.75) is 45.6 Å². The lowest BCUT2D eigenvalue weighted by Crippen LogP contribution is -2.30. The monoisotopic (exact) mass is 196 g/mol. The fourth-order valence-electron chi connectivity index (χ4n) is 1.23. The molecule has 1 N–H and O–H groups in total. The first-order valence-electron chi connectivity index (χ1n) is 5.17. The molecule has 1 atom stereocenters. The van der Waals surface area contributed by atoms with E-state index in [4.69, 9.17) is 0 Å². The summed E-state index contributed by atoms with van der Waals surface area (Å²) in [5.41, 5.74) is 0.945. The van der Waals surface area contributed by atoms with Crippen molar-refractivity contribution >= 4 is 0 Å². The lowest BCUT2D eigenvalue weighted by molar-refractivity contribution is 0.152. The van der Waals surface area contributed by atoms with Crippen LogP contribution in [0.1, 0.15) is 45.6 Å². The summed E-state index contributed by atoms with van der Waals surface area (Å²) in [4.78, 5) is 0. The molecule has 0 aliphatic rings. The number of aliphatic hydroxyl groups is 1. The van der Waals surface area contributed by atoms with Gasteiger partial charge >= 0.3 is 0 Å². The summed E-state index contributed by atoms with van der Waals surface area (Å²) in [7, 11) is 0. The Morgan fingerprint density at radius 3 is 2.71 bits per heavy atom. The fourth-order valence-corrected chi connectivity index (χ4v) is 1.23. The van der Waals surface area contributed by atoms with E-state index in [0.29, 0.717) is 5.92 Å². The molecular formula is C11H20N2O. The van der Waals surface area contributed by atoms with Gasteiger partial charge in [-0.25, -0.2) is 0 Å². The van der Waals surface area contributed by atoms with Gasteiger partial charge in [-0.3, -0.25) is 4.68 Å². The minimum Gasteiger partial charge on any atom is -0.394 e. The molecule has 1 aromatic heterocycles. The average molecular weight is 196 g/mol.